The van der Waals surface area contributed by atoms with Crippen molar-refractivity contribution in [3.63, 3.8) is 0 Å². The molecular formula is C23H24OS. The number of aryl methyl sites for hydroxylation is 1. The molecule has 0 fully saturated rings. The van der Waals surface area contributed by atoms with E-state index in [1.165, 1.54) is 33.6 Å². The number of hydrogen-bond acceptors (Lipinski definition) is 2. The Hall–Kier alpha value is -2.32. The Kier molecular flexibility index (Phi) is 6.08. The van der Waals surface area contributed by atoms with Gasteiger partial charge in [0.15, 0.2) is 5.06 Å². The lowest BCUT2D eigenvalue weighted by Gasteiger charge is -2.05. The van der Waals surface area contributed by atoms with Crippen LogP contribution in [0.3, 0.4) is 0 Å². The molecule has 0 N–H and O–H groups in total. The SMILES string of the molecule is C/C=C/COc1ccc(-c2ccc(-c3ccc(CCC)cc3)cc2)s1. The first kappa shape index (κ1) is 17.5. The van der Waals surface area contributed by atoms with Crippen LogP contribution in [-0.2, 0) is 6.42 Å². The van der Waals surface area contributed by atoms with E-state index in [-0.39, 0.29) is 0 Å². The molecule has 1 heterocycles. The molecule has 0 saturated heterocycles. The second-order valence-electron chi connectivity index (χ2n) is 6.02. The van der Waals surface area contributed by atoms with Gasteiger partial charge >= 0.3 is 0 Å². The van der Waals surface area contributed by atoms with Crippen LogP contribution in [-0.4, -0.2) is 6.61 Å². The summed E-state index contributed by atoms with van der Waals surface area (Å²) in [6.45, 7) is 4.85. The minimum atomic E-state index is 0.628. The third-order valence-corrected chi connectivity index (χ3v) is 5.18. The van der Waals surface area contributed by atoms with Crippen LogP contribution >= 0.6 is 11.3 Å². The minimum Gasteiger partial charge on any atom is -0.480 e. The molecule has 25 heavy (non-hydrogen) atoms. The van der Waals surface area contributed by atoms with E-state index in [4.69, 9.17) is 4.74 Å². The summed E-state index contributed by atoms with van der Waals surface area (Å²) in [4.78, 5) is 1.24. The smallest absolute Gasteiger partial charge is 0.174 e. The standard InChI is InChI=1S/C23H24OS/c1-3-5-17-24-23-16-15-22(25-23)21-13-11-20(12-14-21)19-9-7-18(6-4-2)8-10-19/h3,5,7-16H,4,6,17H2,1-2H3/b5-3+. The van der Waals surface area contributed by atoms with Gasteiger partial charge in [-0.25, -0.2) is 0 Å². The molecule has 3 rings (SSSR count). The van der Waals surface area contributed by atoms with Crippen molar-refractivity contribution in [2.45, 2.75) is 26.7 Å². The lowest BCUT2D eigenvalue weighted by Crippen LogP contribution is -1.89. The van der Waals surface area contributed by atoms with E-state index in [1.807, 2.05) is 25.1 Å². The van der Waals surface area contributed by atoms with Gasteiger partial charge in [-0.05, 0) is 47.7 Å². The third kappa shape index (κ3) is 4.61. The Morgan fingerprint density at radius 2 is 1.48 bits per heavy atom. The van der Waals surface area contributed by atoms with Crippen molar-refractivity contribution in [3.8, 4) is 26.6 Å². The van der Waals surface area contributed by atoms with Gasteiger partial charge in [0.1, 0.15) is 6.61 Å². The van der Waals surface area contributed by atoms with Crippen LogP contribution < -0.4 is 4.74 Å². The average molecular weight is 349 g/mol. The minimum absolute atomic E-state index is 0.628. The van der Waals surface area contributed by atoms with E-state index < -0.39 is 0 Å². The van der Waals surface area contributed by atoms with Gasteiger partial charge in [0.2, 0.25) is 0 Å². The highest BCUT2D eigenvalue weighted by Gasteiger charge is 2.05. The predicted molar refractivity (Wildman–Crippen MR) is 109 cm³/mol. The Bertz CT molecular complexity index is 810. The van der Waals surface area contributed by atoms with Gasteiger partial charge < -0.3 is 4.74 Å². The van der Waals surface area contributed by atoms with Gasteiger partial charge in [-0.3, -0.25) is 0 Å². The molecule has 0 aliphatic heterocycles. The fraction of sp³-hybridized carbons (Fsp3) is 0.217. The number of hydrogen-bond donors (Lipinski definition) is 0. The van der Waals surface area contributed by atoms with Crippen molar-refractivity contribution in [3.05, 3.63) is 78.4 Å². The summed E-state index contributed by atoms with van der Waals surface area (Å²) in [5.41, 5.74) is 5.17. The zero-order valence-electron chi connectivity index (χ0n) is 14.9. The van der Waals surface area contributed by atoms with Gasteiger partial charge in [-0.2, -0.15) is 0 Å². The average Bonchev–Trinajstić information content (AvgIpc) is 3.12. The second-order valence-corrected chi connectivity index (χ2v) is 7.07. The molecule has 0 amide bonds. The number of ether oxygens (including phenoxy) is 1. The number of allylic oxidation sites excluding steroid dienone is 1. The van der Waals surface area contributed by atoms with Crippen molar-refractivity contribution in [1.29, 1.82) is 0 Å². The third-order valence-electron chi connectivity index (χ3n) is 4.13. The molecule has 2 heteroatoms. The highest BCUT2D eigenvalue weighted by Crippen LogP contribution is 2.34. The topological polar surface area (TPSA) is 9.23 Å². The van der Waals surface area contributed by atoms with Crippen molar-refractivity contribution in [1.82, 2.24) is 0 Å². The maximum absolute atomic E-state index is 5.70. The van der Waals surface area contributed by atoms with E-state index in [1.54, 1.807) is 11.3 Å². The molecule has 2 aromatic carbocycles. The zero-order valence-corrected chi connectivity index (χ0v) is 15.7. The summed E-state index contributed by atoms with van der Waals surface area (Å²) in [7, 11) is 0. The van der Waals surface area contributed by atoms with Crippen LogP contribution in [0.25, 0.3) is 21.6 Å². The first-order valence-corrected chi connectivity index (χ1v) is 9.65. The van der Waals surface area contributed by atoms with E-state index >= 15 is 0 Å². The highest BCUT2D eigenvalue weighted by atomic mass is 32.1. The van der Waals surface area contributed by atoms with Crippen molar-refractivity contribution < 1.29 is 4.74 Å². The summed E-state index contributed by atoms with van der Waals surface area (Å²) in [5, 5.41) is 0.962. The molecular weight excluding hydrogens is 324 g/mol. The largest absolute Gasteiger partial charge is 0.480 e. The van der Waals surface area contributed by atoms with Gasteiger partial charge in [0, 0.05) is 4.88 Å². The number of thiophene rings is 1. The molecule has 128 valence electrons. The van der Waals surface area contributed by atoms with Crippen LogP contribution in [0.15, 0.2) is 72.8 Å². The number of rotatable bonds is 7. The maximum Gasteiger partial charge on any atom is 0.174 e. The molecule has 0 atom stereocenters. The first-order valence-electron chi connectivity index (χ1n) is 8.83. The Balaban J connectivity index is 1.71. The van der Waals surface area contributed by atoms with Crippen molar-refractivity contribution in [2.75, 3.05) is 6.61 Å². The van der Waals surface area contributed by atoms with Crippen molar-refractivity contribution in [2.24, 2.45) is 0 Å². The lowest BCUT2D eigenvalue weighted by molar-refractivity contribution is 0.373. The fourth-order valence-electron chi connectivity index (χ4n) is 2.76. The molecule has 0 bridgehead atoms. The summed E-state index contributed by atoms with van der Waals surface area (Å²) < 4.78 is 5.70. The zero-order chi connectivity index (χ0) is 17.5. The molecule has 0 aliphatic rings. The lowest BCUT2D eigenvalue weighted by atomic mass is 10.0. The summed E-state index contributed by atoms with van der Waals surface area (Å²) in [6, 6.07) is 21.9. The molecule has 0 spiro atoms. The fourth-order valence-corrected chi connectivity index (χ4v) is 3.63. The van der Waals surface area contributed by atoms with E-state index in [2.05, 4.69) is 61.5 Å². The highest BCUT2D eigenvalue weighted by molar-refractivity contribution is 7.17. The van der Waals surface area contributed by atoms with Crippen LogP contribution in [0.4, 0.5) is 0 Å². The summed E-state index contributed by atoms with van der Waals surface area (Å²) in [5.74, 6) is 0. The monoisotopic (exact) mass is 348 g/mol. The molecule has 1 aromatic heterocycles. The quantitative estimate of drug-likeness (QED) is 0.418. The Morgan fingerprint density at radius 1 is 0.840 bits per heavy atom. The predicted octanol–water partition coefficient (Wildman–Crippen LogP) is 6.99. The molecule has 0 saturated carbocycles. The van der Waals surface area contributed by atoms with Gasteiger partial charge in [-0.1, -0.05) is 85.4 Å². The summed E-state index contributed by atoms with van der Waals surface area (Å²) >= 11 is 1.69. The molecule has 0 radical (unpaired) electrons. The van der Waals surface area contributed by atoms with Crippen LogP contribution in [0, 0.1) is 0 Å². The normalized spacial score (nSPS) is 11.1. The van der Waals surface area contributed by atoms with Gasteiger partial charge in [-0.15, -0.1) is 0 Å². The Labute approximate surface area is 154 Å². The summed E-state index contributed by atoms with van der Waals surface area (Å²) in [6.07, 6.45) is 6.35. The van der Waals surface area contributed by atoms with E-state index in [9.17, 15) is 0 Å². The molecule has 3 aromatic rings. The van der Waals surface area contributed by atoms with Crippen LogP contribution in [0.5, 0.6) is 5.06 Å². The van der Waals surface area contributed by atoms with Crippen LogP contribution in [0.2, 0.25) is 0 Å². The maximum atomic E-state index is 5.70. The van der Waals surface area contributed by atoms with E-state index in [0.717, 1.165) is 11.5 Å². The van der Waals surface area contributed by atoms with Crippen molar-refractivity contribution >= 4 is 11.3 Å². The number of benzene rings is 2. The molecule has 0 unspecified atom stereocenters. The second kappa shape index (κ2) is 8.68. The Morgan fingerprint density at radius 3 is 2.12 bits per heavy atom. The molecule has 0 aliphatic carbocycles. The van der Waals surface area contributed by atoms with Gasteiger partial charge in [0.05, 0.1) is 0 Å². The van der Waals surface area contributed by atoms with Crippen LogP contribution in [0.1, 0.15) is 25.8 Å². The van der Waals surface area contributed by atoms with Gasteiger partial charge in [0.25, 0.3) is 0 Å². The first-order chi connectivity index (χ1) is 12.3. The van der Waals surface area contributed by atoms with E-state index in [0.29, 0.717) is 6.61 Å². The molecule has 1 nitrogen and oxygen atoms in total.